The molecule has 0 radical (unpaired) electrons. The third kappa shape index (κ3) is 2.89. The van der Waals surface area contributed by atoms with Crippen LogP contribution in [0.25, 0.3) is 0 Å². The molecule has 0 aliphatic heterocycles. The number of carboxylic acids is 1. The Hall–Kier alpha value is -1.92. The fourth-order valence-corrected chi connectivity index (χ4v) is 0.678. The summed E-state index contributed by atoms with van der Waals surface area (Å²) >= 11 is 0. The first kappa shape index (κ1) is 9.17. The summed E-state index contributed by atoms with van der Waals surface area (Å²) in [5.41, 5.74) is 0. The van der Waals surface area contributed by atoms with E-state index in [2.05, 4.69) is 20.8 Å². The second-order valence-corrected chi connectivity index (χ2v) is 2.27. The molecule has 0 aliphatic rings. The number of aryl methyl sites for hydroxylation is 1. The van der Waals surface area contributed by atoms with Crippen LogP contribution in [0.5, 0.6) is 0 Å². The molecule has 0 atom stereocenters. The number of nitrogens with one attached hydrogen (secondary N) is 1. The van der Waals surface area contributed by atoms with Crippen LogP contribution in [0.1, 0.15) is 5.82 Å². The molecule has 7 nitrogen and oxygen atoms in total. The average molecular weight is 183 g/mol. The summed E-state index contributed by atoms with van der Waals surface area (Å²) in [6.07, 6.45) is 2.33. The third-order valence-corrected chi connectivity index (χ3v) is 1.31. The summed E-state index contributed by atoms with van der Waals surface area (Å²) < 4.78 is 1.50. The van der Waals surface area contributed by atoms with Gasteiger partial charge in [-0.05, 0) is 10.4 Å². The lowest BCUT2D eigenvalue weighted by atomic mass is 10.5. The van der Waals surface area contributed by atoms with Gasteiger partial charge in [-0.25, -0.2) is 9.48 Å². The number of carbonyl (C=O) groups is 1. The van der Waals surface area contributed by atoms with E-state index in [-0.39, 0.29) is 0 Å². The average Bonchev–Trinajstić information content (AvgIpc) is 2.45. The van der Waals surface area contributed by atoms with Crippen molar-refractivity contribution >= 4 is 5.97 Å². The fraction of sp³-hybridized carbons (Fsp3) is 0.333. The number of aromatic nitrogens is 4. The Bertz CT molecular complexity index is 319. The summed E-state index contributed by atoms with van der Waals surface area (Å²) in [7, 11) is 1.71. The Morgan fingerprint density at radius 2 is 2.54 bits per heavy atom. The highest BCUT2D eigenvalue weighted by molar-refractivity contribution is 5.79. The van der Waals surface area contributed by atoms with Gasteiger partial charge in [0, 0.05) is 19.3 Å². The van der Waals surface area contributed by atoms with Gasteiger partial charge in [-0.1, -0.05) is 0 Å². The van der Waals surface area contributed by atoms with Gasteiger partial charge in [0.05, 0.1) is 6.54 Å². The van der Waals surface area contributed by atoms with Gasteiger partial charge in [-0.2, -0.15) is 0 Å². The number of aliphatic carboxylic acids is 1. The Morgan fingerprint density at radius 1 is 1.77 bits per heavy atom. The van der Waals surface area contributed by atoms with E-state index >= 15 is 0 Å². The van der Waals surface area contributed by atoms with Gasteiger partial charge in [0.25, 0.3) is 0 Å². The molecule has 0 bridgehead atoms. The molecule has 0 saturated heterocycles. The van der Waals surface area contributed by atoms with Gasteiger partial charge < -0.3 is 10.4 Å². The SMILES string of the molecule is Cn1nnnc1CN/C=C/C(=O)O. The first-order valence-electron chi connectivity index (χ1n) is 3.54. The molecule has 1 aromatic rings. The minimum absolute atomic E-state index is 0.396. The van der Waals surface area contributed by atoms with Gasteiger partial charge in [0.2, 0.25) is 0 Å². The number of hydrogen-bond acceptors (Lipinski definition) is 5. The molecule has 1 heterocycles. The van der Waals surface area contributed by atoms with Crippen molar-refractivity contribution in [1.82, 2.24) is 25.5 Å². The van der Waals surface area contributed by atoms with E-state index in [1.54, 1.807) is 7.05 Å². The highest BCUT2D eigenvalue weighted by Gasteiger charge is 1.98. The lowest BCUT2D eigenvalue weighted by molar-refractivity contribution is -0.131. The van der Waals surface area contributed by atoms with Gasteiger partial charge in [-0.15, -0.1) is 5.10 Å². The molecule has 0 unspecified atom stereocenters. The van der Waals surface area contributed by atoms with Gasteiger partial charge in [0.1, 0.15) is 0 Å². The van der Waals surface area contributed by atoms with Crippen molar-refractivity contribution in [2.45, 2.75) is 6.54 Å². The van der Waals surface area contributed by atoms with Crippen molar-refractivity contribution < 1.29 is 9.90 Å². The highest BCUT2D eigenvalue weighted by atomic mass is 16.4. The van der Waals surface area contributed by atoms with Crippen LogP contribution in [0.15, 0.2) is 12.3 Å². The molecule has 0 fully saturated rings. The zero-order chi connectivity index (χ0) is 9.68. The van der Waals surface area contributed by atoms with Crippen molar-refractivity contribution in [2.24, 2.45) is 7.05 Å². The fourth-order valence-electron chi connectivity index (χ4n) is 0.678. The maximum atomic E-state index is 10.1. The number of tetrazole rings is 1. The number of carboxylic acid groups (broad SMARTS) is 1. The standard InChI is InChI=1S/C6H9N5O2/c1-11-5(8-9-10-11)4-7-3-2-6(12)13/h2-3,7H,4H2,1H3,(H,12,13)/b3-2+. The zero-order valence-corrected chi connectivity index (χ0v) is 7.01. The highest BCUT2D eigenvalue weighted by Crippen LogP contribution is 1.86. The molecular formula is C6H9N5O2. The van der Waals surface area contributed by atoms with E-state index in [1.165, 1.54) is 10.9 Å². The van der Waals surface area contributed by atoms with E-state index in [0.717, 1.165) is 6.08 Å². The van der Waals surface area contributed by atoms with Crippen molar-refractivity contribution in [1.29, 1.82) is 0 Å². The third-order valence-electron chi connectivity index (χ3n) is 1.31. The smallest absolute Gasteiger partial charge is 0.329 e. The van der Waals surface area contributed by atoms with E-state index in [9.17, 15) is 4.79 Å². The molecule has 0 aliphatic carbocycles. The second-order valence-electron chi connectivity index (χ2n) is 2.27. The largest absolute Gasteiger partial charge is 0.478 e. The Kier molecular flexibility index (Phi) is 2.96. The minimum Gasteiger partial charge on any atom is -0.478 e. The number of nitrogens with zero attached hydrogens (tertiary/aromatic N) is 4. The van der Waals surface area contributed by atoms with Crippen molar-refractivity contribution in [3.63, 3.8) is 0 Å². The lowest BCUT2D eigenvalue weighted by Crippen LogP contribution is -2.10. The topological polar surface area (TPSA) is 92.9 Å². The van der Waals surface area contributed by atoms with Crippen LogP contribution in [-0.2, 0) is 18.4 Å². The van der Waals surface area contributed by atoms with Crippen LogP contribution in [0.2, 0.25) is 0 Å². The monoisotopic (exact) mass is 183 g/mol. The molecule has 1 aromatic heterocycles. The van der Waals surface area contributed by atoms with Crippen molar-refractivity contribution in [3.8, 4) is 0 Å². The van der Waals surface area contributed by atoms with E-state index in [4.69, 9.17) is 5.11 Å². The summed E-state index contributed by atoms with van der Waals surface area (Å²) in [5, 5.41) is 21.7. The summed E-state index contributed by atoms with van der Waals surface area (Å²) in [4.78, 5) is 10.1. The predicted octanol–water partition coefficient (Wildman–Crippen LogP) is -1.10. The minimum atomic E-state index is -0.997. The van der Waals surface area contributed by atoms with Crippen LogP contribution in [-0.4, -0.2) is 31.3 Å². The molecule has 1 rings (SSSR count). The Morgan fingerprint density at radius 3 is 3.08 bits per heavy atom. The molecule has 0 amide bonds. The maximum Gasteiger partial charge on any atom is 0.329 e. The zero-order valence-electron chi connectivity index (χ0n) is 7.01. The van der Waals surface area contributed by atoms with Crippen molar-refractivity contribution in [2.75, 3.05) is 0 Å². The number of rotatable bonds is 4. The molecule has 7 heteroatoms. The quantitative estimate of drug-likeness (QED) is 0.575. The molecule has 0 aromatic carbocycles. The van der Waals surface area contributed by atoms with Crippen LogP contribution in [0.4, 0.5) is 0 Å². The van der Waals surface area contributed by atoms with Crippen molar-refractivity contribution in [3.05, 3.63) is 18.1 Å². The summed E-state index contributed by atoms with van der Waals surface area (Å²) in [6.45, 7) is 0.396. The first-order chi connectivity index (χ1) is 6.20. The molecule has 0 spiro atoms. The van der Waals surface area contributed by atoms with Crippen LogP contribution in [0.3, 0.4) is 0 Å². The maximum absolute atomic E-state index is 10.1. The Labute approximate surface area is 74.1 Å². The Balaban J connectivity index is 2.36. The second kappa shape index (κ2) is 4.19. The van der Waals surface area contributed by atoms with E-state index < -0.39 is 5.97 Å². The summed E-state index contributed by atoms with van der Waals surface area (Å²) in [5.74, 6) is -0.362. The van der Waals surface area contributed by atoms with Gasteiger partial charge in [-0.3, -0.25) is 0 Å². The molecular weight excluding hydrogens is 174 g/mol. The van der Waals surface area contributed by atoms with E-state index in [0.29, 0.717) is 12.4 Å². The lowest BCUT2D eigenvalue weighted by Gasteiger charge is -1.96. The normalized spacial score (nSPS) is 10.5. The first-order valence-corrected chi connectivity index (χ1v) is 3.54. The van der Waals surface area contributed by atoms with E-state index in [1.807, 2.05) is 0 Å². The van der Waals surface area contributed by atoms with Gasteiger partial charge >= 0.3 is 5.97 Å². The molecule has 2 N–H and O–H groups in total. The van der Waals surface area contributed by atoms with Crippen LogP contribution in [0, 0.1) is 0 Å². The molecule has 70 valence electrons. The van der Waals surface area contributed by atoms with Gasteiger partial charge in [0.15, 0.2) is 5.82 Å². The molecule has 0 saturated carbocycles. The van der Waals surface area contributed by atoms with Crippen LogP contribution < -0.4 is 5.32 Å². The predicted molar refractivity (Wildman–Crippen MR) is 42.4 cm³/mol. The summed E-state index contributed by atoms with van der Waals surface area (Å²) in [6, 6.07) is 0. The number of hydrogen-bond donors (Lipinski definition) is 2. The molecule has 13 heavy (non-hydrogen) atoms. The van der Waals surface area contributed by atoms with Crippen LogP contribution >= 0.6 is 0 Å².